The Balaban J connectivity index is 2.35. The molecule has 1 aromatic carbocycles. The first-order valence-electron chi connectivity index (χ1n) is 6.05. The number of rotatable bonds is 3. The van der Waals surface area contributed by atoms with E-state index in [9.17, 15) is 15.2 Å². The first kappa shape index (κ1) is 14.9. The van der Waals surface area contributed by atoms with E-state index in [1.807, 2.05) is 6.07 Å². The van der Waals surface area contributed by atoms with Crippen LogP contribution in [0.2, 0.25) is 5.02 Å². The molecule has 0 aliphatic heterocycles. The van der Waals surface area contributed by atoms with Crippen molar-refractivity contribution in [3.8, 4) is 6.07 Å². The van der Waals surface area contributed by atoms with E-state index in [1.165, 1.54) is 0 Å². The zero-order valence-electron chi connectivity index (χ0n) is 11.0. The summed E-state index contributed by atoms with van der Waals surface area (Å²) in [7, 11) is 0. The van der Waals surface area contributed by atoms with Crippen molar-refractivity contribution < 1.29 is 9.90 Å². The largest absolute Gasteiger partial charge is 0.480 e. The van der Waals surface area contributed by atoms with Crippen molar-refractivity contribution in [1.29, 1.82) is 5.26 Å². The number of halogens is 2. The molecule has 104 valence electrons. The van der Waals surface area contributed by atoms with Gasteiger partial charge in [-0.25, -0.2) is 0 Å². The van der Waals surface area contributed by atoms with Crippen LogP contribution in [0.25, 0.3) is 5.03 Å². The summed E-state index contributed by atoms with van der Waals surface area (Å²) in [6.07, 6.45) is 1.65. The van der Waals surface area contributed by atoms with Gasteiger partial charge in [-0.05, 0) is 17.7 Å². The van der Waals surface area contributed by atoms with E-state index in [2.05, 4.69) is 0 Å². The SMILES string of the molecule is CC1(C)C(C=C(Cl)c2ccc(Cl)cc2)C1(C#N)C(=O)O. The monoisotopic (exact) mass is 309 g/mol. The van der Waals surface area contributed by atoms with Gasteiger partial charge in [-0.15, -0.1) is 0 Å². The van der Waals surface area contributed by atoms with Crippen LogP contribution < -0.4 is 0 Å². The van der Waals surface area contributed by atoms with E-state index in [-0.39, 0.29) is 0 Å². The first-order valence-corrected chi connectivity index (χ1v) is 6.81. The van der Waals surface area contributed by atoms with Gasteiger partial charge in [0.25, 0.3) is 0 Å². The standard InChI is InChI=1S/C15H13Cl2NO2/c1-14(2)12(15(14,8-18)13(19)20)7-11(17)9-3-5-10(16)6-4-9/h3-7,12H,1-2H3,(H,19,20). The third kappa shape index (κ3) is 2.00. The lowest BCUT2D eigenvalue weighted by Crippen LogP contribution is -2.19. The van der Waals surface area contributed by atoms with Gasteiger partial charge in [-0.2, -0.15) is 5.26 Å². The lowest BCUT2D eigenvalue weighted by molar-refractivity contribution is -0.142. The van der Waals surface area contributed by atoms with Crippen LogP contribution in [0.4, 0.5) is 0 Å². The van der Waals surface area contributed by atoms with Gasteiger partial charge in [0.05, 0.1) is 6.07 Å². The van der Waals surface area contributed by atoms with Crippen molar-refractivity contribution in [2.24, 2.45) is 16.7 Å². The number of nitrogens with zero attached hydrogens (tertiary/aromatic N) is 1. The molecule has 1 aliphatic rings. The van der Waals surface area contributed by atoms with Crippen LogP contribution in [0.15, 0.2) is 30.3 Å². The molecule has 0 heterocycles. The second kappa shape index (κ2) is 4.80. The van der Waals surface area contributed by atoms with E-state index >= 15 is 0 Å². The molecule has 0 aromatic heterocycles. The molecule has 0 spiro atoms. The second-order valence-electron chi connectivity index (χ2n) is 5.45. The Morgan fingerprint density at radius 3 is 2.35 bits per heavy atom. The molecule has 0 saturated heterocycles. The Bertz CT molecular complexity index is 628. The quantitative estimate of drug-likeness (QED) is 0.911. The van der Waals surface area contributed by atoms with Gasteiger partial charge in [-0.3, -0.25) is 4.79 Å². The predicted molar refractivity (Wildman–Crippen MR) is 78.2 cm³/mol. The second-order valence-corrected chi connectivity index (χ2v) is 6.29. The molecule has 5 heteroatoms. The minimum absolute atomic E-state index is 0.416. The summed E-state index contributed by atoms with van der Waals surface area (Å²) in [6.45, 7) is 3.52. The maximum absolute atomic E-state index is 11.4. The van der Waals surface area contributed by atoms with Crippen molar-refractivity contribution >= 4 is 34.2 Å². The predicted octanol–water partition coefficient (Wildman–Crippen LogP) is 4.17. The van der Waals surface area contributed by atoms with Gasteiger partial charge >= 0.3 is 5.97 Å². The van der Waals surface area contributed by atoms with Crippen LogP contribution >= 0.6 is 23.2 Å². The highest BCUT2D eigenvalue weighted by Crippen LogP contribution is 2.69. The highest BCUT2D eigenvalue weighted by atomic mass is 35.5. The summed E-state index contributed by atoms with van der Waals surface area (Å²) in [4.78, 5) is 11.4. The maximum Gasteiger partial charge on any atom is 0.325 e. The van der Waals surface area contributed by atoms with Gasteiger partial charge in [0.15, 0.2) is 5.41 Å². The van der Waals surface area contributed by atoms with Gasteiger partial charge in [0.2, 0.25) is 0 Å². The van der Waals surface area contributed by atoms with Gasteiger partial charge < -0.3 is 5.11 Å². The third-order valence-electron chi connectivity index (χ3n) is 4.12. The Kier molecular flexibility index (Phi) is 3.58. The summed E-state index contributed by atoms with van der Waals surface area (Å²) in [5.41, 5.74) is -1.30. The van der Waals surface area contributed by atoms with Crippen molar-refractivity contribution in [1.82, 2.24) is 0 Å². The minimum atomic E-state index is -1.40. The molecule has 2 atom stereocenters. The average Bonchev–Trinajstić information content (AvgIpc) is 2.86. The third-order valence-corrected chi connectivity index (χ3v) is 4.72. The van der Waals surface area contributed by atoms with E-state index in [1.54, 1.807) is 44.2 Å². The fourth-order valence-electron chi connectivity index (χ4n) is 2.66. The molecule has 0 amide bonds. The minimum Gasteiger partial charge on any atom is -0.480 e. The van der Waals surface area contributed by atoms with Gasteiger partial charge in [-0.1, -0.05) is 55.3 Å². The molecule has 1 fully saturated rings. The number of benzene rings is 1. The van der Waals surface area contributed by atoms with Crippen LogP contribution in [0.5, 0.6) is 0 Å². The Morgan fingerprint density at radius 1 is 1.40 bits per heavy atom. The number of aliphatic carboxylic acids is 1. The normalized spacial score (nSPS) is 27.8. The summed E-state index contributed by atoms with van der Waals surface area (Å²) < 4.78 is 0. The number of hydrogen-bond donors (Lipinski definition) is 1. The summed E-state index contributed by atoms with van der Waals surface area (Å²) in [5, 5.41) is 19.6. The van der Waals surface area contributed by atoms with E-state index in [0.717, 1.165) is 5.56 Å². The molecule has 3 nitrogen and oxygen atoms in total. The molecule has 2 rings (SSSR count). The summed E-state index contributed by atoms with van der Waals surface area (Å²) in [6, 6.07) is 8.86. The molecule has 1 saturated carbocycles. The Morgan fingerprint density at radius 2 is 1.95 bits per heavy atom. The Labute approximate surface area is 127 Å². The molecule has 1 aliphatic carbocycles. The summed E-state index contributed by atoms with van der Waals surface area (Å²) in [5.74, 6) is -1.52. The van der Waals surface area contributed by atoms with Gasteiger partial charge in [0, 0.05) is 21.4 Å². The number of hydrogen-bond acceptors (Lipinski definition) is 2. The highest BCUT2D eigenvalue weighted by molar-refractivity contribution is 6.48. The topological polar surface area (TPSA) is 61.1 Å². The zero-order chi connectivity index (χ0) is 15.1. The summed E-state index contributed by atoms with van der Waals surface area (Å²) >= 11 is 12.0. The van der Waals surface area contributed by atoms with E-state index in [0.29, 0.717) is 10.1 Å². The molecule has 1 N–H and O–H groups in total. The lowest BCUT2D eigenvalue weighted by Gasteiger charge is -2.03. The van der Waals surface area contributed by atoms with Crippen LogP contribution in [0.3, 0.4) is 0 Å². The highest BCUT2D eigenvalue weighted by Gasteiger charge is 2.76. The number of carbonyl (C=O) groups is 1. The molecule has 0 radical (unpaired) electrons. The van der Waals surface area contributed by atoms with Crippen molar-refractivity contribution in [3.05, 3.63) is 40.9 Å². The maximum atomic E-state index is 11.4. The molecular formula is C15H13Cl2NO2. The number of carboxylic acid groups (broad SMARTS) is 1. The van der Waals surface area contributed by atoms with Gasteiger partial charge in [0.1, 0.15) is 0 Å². The molecular weight excluding hydrogens is 297 g/mol. The molecule has 20 heavy (non-hydrogen) atoms. The van der Waals surface area contributed by atoms with E-state index in [4.69, 9.17) is 23.2 Å². The van der Waals surface area contributed by atoms with Crippen LogP contribution in [0.1, 0.15) is 19.4 Å². The lowest BCUT2D eigenvalue weighted by atomic mass is 9.98. The first-order chi connectivity index (χ1) is 9.27. The van der Waals surface area contributed by atoms with Crippen molar-refractivity contribution in [2.75, 3.05) is 0 Å². The van der Waals surface area contributed by atoms with Crippen LogP contribution in [0, 0.1) is 28.1 Å². The Hall–Kier alpha value is -1.50. The fraction of sp³-hybridized carbons (Fsp3) is 0.333. The smallest absolute Gasteiger partial charge is 0.325 e. The molecule has 0 bridgehead atoms. The molecule has 2 unspecified atom stereocenters. The number of carboxylic acids is 1. The average molecular weight is 310 g/mol. The van der Waals surface area contributed by atoms with Crippen molar-refractivity contribution in [2.45, 2.75) is 13.8 Å². The van der Waals surface area contributed by atoms with Crippen LogP contribution in [-0.2, 0) is 4.79 Å². The van der Waals surface area contributed by atoms with E-state index < -0.39 is 22.7 Å². The van der Waals surface area contributed by atoms with Crippen LogP contribution in [-0.4, -0.2) is 11.1 Å². The van der Waals surface area contributed by atoms with Crippen molar-refractivity contribution in [3.63, 3.8) is 0 Å². The zero-order valence-corrected chi connectivity index (χ0v) is 12.5. The number of nitriles is 1. The number of allylic oxidation sites excluding steroid dienone is 1. The fourth-order valence-corrected chi connectivity index (χ4v) is 3.04. The molecule has 1 aromatic rings.